The lowest BCUT2D eigenvalue weighted by molar-refractivity contribution is -0.140. The Kier molecular flexibility index (Phi) is 7.36. The Labute approximate surface area is 213 Å². The molecule has 1 fully saturated rings. The van der Waals surface area contributed by atoms with Crippen LogP contribution in [0.25, 0.3) is 5.76 Å². The van der Waals surface area contributed by atoms with Crippen molar-refractivity contribution in [1.82, 2.24) is 9.88 Å². The maximum absolute atomic E-state index is 13.2. The molecule has 2 heterocycles. The van der Waals surface area contributed by atoms with Crippen molar-refractivity contribution in [3.63, 3.8) is 0 Å². The number of hydrogen-bond donors (Lipinski definition) is 1. The highest BCUT2D eigenvalue weighted by Crippen LogP contribution is 2.41. The lowest BCUT2D eigenvalue weighted by Gasteiger charge is -2.25. The predicted octanol–water partition coefficient (Wildman–Crippen LogP) is 5.81. The Balaban J connectivity index is 1.78. The van der Waals surface area contributed by atoms with Crippen LogP contribution in [0.3, 0.4) is 0 Å². The molecule has 4 rings (SSSR count). The van der Waals surface area contributed by atoms with Crippen LogP contribution in [0.4, 0.5) is 0 Å². The van der Waals surface area contributed by atoms with E-state index in [0.29, 0.717) is 18.1 Å². The number of hydrogen-bond acceptors (Lipinski definition) is 5. The van der Waals surface area contributed by atoms with Gasteiger partial charge in [0.2, 0.25) is 0 Å². The van der Waals surface area contributed by atoms with Gasteiger partial charge in [-0.1, -0.05) is 48.0 Å². The second-order valence-electron chi connectivity index (χ2n) is 9.02. The molecule has 7 heteroatoms. The number of nitrogens with zero attached hydrogens (tertiary/aromatic N) is 2. The number of ketones is 1. The molecular weight excluding hydrogens is 508 g/mol. The van der Waals surface area contributed by atoms with E-state index in [1.54, 1.807) is 36.7 Å². The van der Waals surface area contributed by atoms with Crippen molar-refractivity contribution in [3.8, 4) is 5.75 Å². The average molecular weight is 535 g/mol. The summed E-state index contributed by atoms with van der Waals surface area (Å²) in [6.45, 7) is 6.80. The number of likely N-dealkylation sites (tertiary alicyclic amines) is 1. The molecular formula is C28H27BrN2O4. The molecule has 0 bridgehead atoms. The molecule has 2 aromatic carbocycles. The summed E-state index contributed by atoms with van der Waals surface area (Å²) in [5, 5.41) is 11.3. The van der Waals surface area contributed by atoms with E-state index < -0.39 is 17.7 Å². The minimum Gasteiger partial charge on any atom is -0.507 e. The van der Waals surface area contributed by atoms with Gasteiger partial charge in [-0.2, -0.15) is 0 Å². The first kappa shape index (κ1) is 24.7. The van der Waals surface area contributed by atoms with E-state index in [9.17, 15) is 14.7 Å². The fourth-order valence-corrected chi connectivity index (χ4v) is 4.36. The zero-order valence-electron chi connectivity index (χ0n) is 19.9. The molecule has 35 heavy (non-hydrogen) atoms. The maximum Gasteiger partial charge on any atom is 0.295 e. The van der Waals surface area contributed by atoms with Gasteiger partial charge >= 0.3 is 0 Å². The molecule has 1 amide bonds. The lowest BCUT2D eigenvalue weighted by atomic mass is 9.94. The number of aliphatic hydroxyl groups is 1. The summed E-state index contributed by atoms with van der Waals surface area (Å²) < 4.78 is 6.72. The number of amides is 1. The summed E-state index contributed by atoms with van der Waals surface area (Å²) in [6, 6.07) is 15.6. The van der Waals surface area contributed by atoms with Gasteiger partial charge in [-0.3, -0.25) is 14.6 Å². The quantitative estimate of drug-likeness (QED) is 0.235. The molecule has 0 aliphatic carbocycles. The number of aliphatic hydroxyl groups excluding tert-OH is 1. The molecule has 1 saturated heterocycles. The van der Waals surface area contributed by atoms with Gasteiger partial charge < -0.3 is 14.7 Å². The van der Waals surface area contributed by atoms with Crippen LogP contribution in [0.2, 0.25) is 0 Å². The van der Waals surface area contributed by atoms with Crippen molar-refractivity contribution < 1.29 is 19.4 Å². The van der Waals surface area contributed by atoms with Crippen LogP contribution in [0.15, 0.2) is 77.0 Å². The highest BCUT2D eigenvalue weighted by atomic mass is 79.9. The maximum atomic E-state index is 13.2. The van der Waals surface area contributed by atoms with Crippen molar-refractivity contribution in [2.75, 3.05) is 6.61 Å². The number of halogens is 1. The second kappa shape index (κ2) is 10.4. The Morgan fingerprint density at radius 1 is 1.14 bits per heavy atom. The van der Waals surface area contributed by atoms with E-state index >= 15 is 0 Å². The summed E-state index contributed by atoms with van der Waals surface area (Å²) in [5.41, 5.74) is 2.88. The van der Waals surface area contributed by atoms with E-state index in [2.05, 4.69) is 34.8 Å². The van der Waals surface area contributed by atoms with Crippen LogP contribution < -0.4 is 4.74 Å². The number of carbonyl (C=O) groups is 2. The zero-order valence-corrected chi connectivity index (χ0v) is 21.5. The fraction of sp³-hybridized carbons (Fsp3) is 0.250. The number of aromatic nitrogens is 1. The summed E-state index contributed by atoms with van der Waals surface area (Å²) in [5.74, 6) is -0.474. The third kappa shape index (κ3) is 5.30. The monoisotopic (exact) mass is 534 g/mol. The van der Waals surface area contributed by atoms with Crippen LogP contribution in [0, 0.1) is 12.8 Å². The van der Waals surface area contributed by atoms with Gasteiger partial charge in [0.25, 0.3) is 11.7 Å². The third-order valence-corrected chi connectivity index (χ3v) is 6.35. The Morgan fingerprint density at radius 3 is 2.51 bits per heavy atom. The molecule has 3 aromatic rings. The highest BCUT2D eigenvalue weighted by Gasteiger charge is 2.46. The van der Waals surface area contributed by atoms with Crippen LogP contribution in [0.5, 0.6) is 5.75 Å². The second-order valence-corrected chi connectivity index (χ2v) is 9.94. The largest absolute Gasteiger partial charge is 0.507 e. The van der Waals surface area contributed by atoms with Gasteiger partial charge in [0.1, 0.15) is 11.5 Å². The first-order valence-corrected chi connectivity index (χ1v) is 12.2. The fourth-order valence-electron chi connectivity index (χ4n) is 4.09. The summed E-state index contributed by atoms with van der Waals surface area (Å²) in [4.78, 5) is 32.0. The minimum atomic E-state index is -0.736. The Morgan fingerprint density at radius 2 is 1.89 bits per heavy atom. The van der Waals surface area contributed by atoms with Gasteiger partial charge in [0.05, 0.1) is 18.2 Å². The molecule has 0 radical (unpaired) electrons. The van der Waals surface area contributed by atoms with Crippen molar-refractivity contribution in [2.24, 2.45) is 5.92 Å². The Bertz CT molecular complexity index is 1270. The molecule has 1 aliphatic rings. The number of Topliss-reactive ketones (excluding diaryl/α,β-unsaturated/α-hetero) is 1. The molecule has 1 aliphatic heterocycles. The first-order valence-electron chi connectivity index (χ1n) is 11.4. The predicted molar refractivity (Wildman–Crippen MR) is 138 cm³/mol. The standard InChI is InChI=1S/C28H27BrN2O4/c1-17(2)16-35-23-11-8-21(13-18(23)3)26(32)24-25(20-6-9-22(29)10-7-20)31(28(34)27(24)33)15-19-5-4-12-30-14-19/h4-14,17,25,32H,15-16H2,1-3H3/b26-24-. The normalized spacial score (nSPS) is 17.3. The van der Waals surface area contributed by atoms with Crippen LogP contribution in [-0.2, 0) is 16.1 Å². The van der Waals surface area contributed by atoms with E-state index in [0.717, 1.165) is 26.9 Å². The molecule has 1 N–H and O–H groups in total. The number of carbonyl (C=O) groups excluding carboxylic acids is 2. The first-order chi connectivity index (χ1) is 16.8. The average Bonchev–Trinajstić information content (AvgIpc) is 3.09. The Hall–Kier alpha value is -3.45. The molecule has 0 spiro atoms. The van der Waals surface area contributed by atoms with Crippen molar-refractivity contribution >= 4 is 33.4 Å². The van der Waals surface area contributed by atoms with Gasteiger partial charge in [0.15, 0.2) is 0 Å². The van der Waals surface area contributed by atoms with Crippen molar-refractivity contribution in [2.45, 2.75) is 33.4 Å². The molecule has 1 atom stereocenters. The number of rotatable bonds is 7. The summed E-state index contributed by atoms with van der Waals surface area (Å²) >= 11 is 3.43. The number of pyridine rings is 1. The number of benzene rings is 2. The van der Waals surface area contributed by atoms with Crippen LogP contribution >= 0.6 is 15.9 Å². The lowest BCUT2D eigenvalue weighted by Crippen LogP contribution is -2.29. The van der Waals surface area contributed by atoms with E-state index in [1.807, 2.05) is 37.3 Å². The number of ether oxygens (including phenoxy) is 1. The van der Waals surface area contributed by atoms with E-state index in [-0.39, 0.29) is 17.9 Å². The van der Waals surface area contributed by atoms with Gasteiger partial charge in [0, 0.05) is 29.0 Å². The van der Waals surface area contributed by atoms with E-state index in [4.69, 9.17) is 4.74 Å². The molecule has 180 valence electrons. The van der Waals surface area contributed by atoms with Crippen molar-refractivity contribution in [1.29, 1.82) is 0 Å². The smallest absolute Gasteiger partial charge is 0.295 e. The van der Waals surface area contributed by atoms with Gasteiger partial charge in [-0.25, -0.2) is 0 Å². The van der Waals surface area contributed by atoms with E-state index in [1.165, 1.54) is 4.90 Å². The molecule has 1 aromatic heterocycles. The van der Waals surface area contributed by atoms with Crippen molar-refractivity contribution in [3.05, 3.63) is 99.3 Å². The van der Waals surface area contributed by atoms with Gasteiger partial charge in [-0.15, -0.1) is 0 Å². The summed E-state index contributed by atoms with van der Waals surface area (Å²) in [6.07, 6.45) is 3.32. The minimum absolute atomic E-state index is 0.0662. The molecule has 6 nitrogen and oxygen atoms in total. The SMILES string of the molecule is Cc1cc(/C(O)=C2/C(=O)C(=O)N(Cc3cccnc3)C2c2ccc(Br)cc2)ccc1OCC(C)C. The van der Waals surface area contributed by atoms with Gasteiger partial charge in [-0.05, 0) is 65.9 Å². The third-order valence-electron chi connectivity index (χ3n) is 5.82. The molecule has 1 unspecified atom stereocenters. The van der Waals surface area contributed by atoms with Crippen LogP contribution in [-0.4, -0.2) is 33.3 Å². The highest BCUT2D eigenvalue weighted by molar-refractivity contribution is 9.10. The zero-order chi connectivity index (χ0) is 25.1. The molecule has 0 saturated carbocycles. The van der Waals surface area contributed by atoms with Crippen LogP contribution in [0.1, 0.15) is 42.1 Å². The summed E-state index contributed by atoms with van der Waals surface area (Å²) in [7, 11) is 0. The number of aryl methyl sites for hydroxylation is 1. The topological polar surface area (TPSA) is 79.7 Å².